The predicted molar refractivity (Wildman–Crippen MR) is 103 cm³/mol. The molecule has 1 heterocycles. The normalized spacial score (nSPS) is 29.5. The molecule has 1 aromatic carbocycles. The number of carbonyl (C=O) groups is 2. The number of primary amides is 1. The first-order chi connectivity index (χ1) is 12.5. The van der Waals surface area contributed by atoms with Gasteiger partial charge in [-0.15, -0.1) is 12.4 Å². The van der Waals surface area contributed by atoms with E-state index in [1.165, 1.54) is 23.1 Å². The van der Waals surface area contributed by atoms with Crippen LogP contribution in [0, 0.1) is 16.7 Å². The van der Waals surface area contributed by atoms with Crippen LogP contribution in [-0.4, -0.2) is 54.2 Å². The minimum absolute atomic E-state index is 0. The van der Waals surface area contributed by atoms with E-state index >= 15 is 0 Å². The molecule has 3 rings (SSSR count). The molecule has 2 unspecified atom stereocenters. The Morgan fingerprint density at radius 1 is 1.36 bits per heavy atom. The Morgan fingerprint density at radius 3 is 2.46 bits per heavy atom. The lowest BCUT2D eigenvalue weighted by Gasteiger charge is -2.22. The van der Waals surface area contributed by atoms with E-state index < -0.39 is 44.5 Å². The molecule has 8 nitrogen and oxygen atoms in total. The van der Waals surface area contributed by atoms with Crippen LogP contribution in [0.5, 0.6) is 0 Å². The Kier molecular flexibility index (Phi) is 6.24. The minimum atomic E-state index is -3.95. The van der Waals surface area contributed by atoms with Crippen LogP contribution in [0.1, 0.15) is 12.8 Å². The molecule has 0 bridgehead atoms. The third-order valence-corrected chi connectivity index (χ3v) is 8.04. The summed E-state index contributed by atoms with van der Waals surface area (Å²) in [4.78, 5) is 24.5. The van der Waals surface area contributed by atoms with Gasteiger partial charge in [-0.25, -0.2) is 8.42 Å². The molecule has 1 aromatic rings. The second kappa shape index (κ2) is 7.69. The number of nitrogens with zero attached hydrogens (tertiary/aromatic N) is 2. The summed E-state index contributed by atoms with van der Waals surface area (Å²) >= 11 is 11.8. The van der Waals surface area contributed by atoms with Gasteiger partial charge in [-0.1, -0.05) is 23.2 Å². The van der Waals surface area contributed by atoms with Gasteiger partial charge >= 0.3 is 5.97 Å². The highest BCUT2D eigenvalue weighted by Gasteiger charge is 2.66. The first-order valence-electron chi connectivity index (χ1n) is 7.93. The molecule has 1 aliphatic heterocycles. The molecule has 1 saturated heterocycles. The minimum Gasteiger partial charge on any atom is -0.480 e. The molecule has 2 fully saturated rings. The van der Waals surface area contributed by atoms with Crippen molar-refractivity contribution >= 4 is 57.3 Å². The lowest BCUT2D eigenvalue weighted by molar-refractivity contribution is -0.142. The topological polar surface area (TPSA) is 142 Å². The van der Waals surface area contributed by atoms with Gasteiger partial charge in [0.15, 0.2) is 15.3 Å². The summed E-state index contributed by atoms with van der Waals surface area (Å²) in [5.74, 6) is -2.07. The van der Waals surface area contributed by atoms with Gasteiger partial charge in [-0.3, -0.25) is 14.5 Å². The van der Waals surface area contributed by atoms with Crippen LogP contribution < -0.4 is 5.73 Å². The van der Waals surface area contributed by atoms with Gasteiger partial charge in [-0.05, 0) is 31.0 Å². The van der Waals surface area contributed by atoms with Gasteiger partial charge in [0.1, 0.15) is 6.04 Å². The molecular weight excluding hydrogens is 453 g/mol. The Balaban J connectivity index is 0.00000280. The average molecular weight is 469 g/mol. The van der Waals surface area contributed by atoms with Gasteiger partial charge < -0.3 is 10.8 Å². The van der Waals surface area contributed by atoms with Crippen molar-refractivity contribution in [2.45, 2.75) is 35.1 Å². The number of nitrogens with two attached hydrogens (primary N) is 1. The van der Waals surface area contributed by atoms with Crippen molar-refractivity contribution in [3.8, 4) is 6.07 Å². The number of carbonyl (C=O) groups excluding carboxylic acids is 1. The van der Waals surface area contributed by atoms with Crippen LogP contribution >= 0.6 is 35.6 Å². The summed E-state index contributed by atoms with van der Waals surface area (Å²) in [6, 6.07) is 3.94. The Hall–Kier alpha value is -1.57. The number of nitriles is 1. The number of sulfone groups is 1. The van der Waals surface area contributed by atoms with Crippen molar-refractivity contribution in [3.05, 3.63) is 28.2 Å². The number of hydrogen-bond acceptors (Lipinski definition) is 6. The highest BCUT2D eigenvalue weighted by molar-refractivity contribution is 7.92. The van der Waals surface area contributed by atoms with E-state index in [1.54, 1.807) is 0 Å². The molecule has 3 N–H and O–H groups in total. The molecule has 1 saturated carbocycles. The van der Waals surface area contributed by atoms with Crippen LogP contribution in [0.2, 0.25) is 10.0 Å². The van der Waals surface area contributed by atoms with Gasteiger partial charge in [-0.2, -0.15) is 5.26 Å². The third kappa shape index (κ3) is 3.55. The van der Waals surface area contributed by atoms with Crippen molar-refractivity contribution in [1.29, 1.82) is 5.26 Å². The first-order valence-corrected chi connectivity index (χ1v) is 10.2. The van der Waals surface area contributed by atoms with E-state index in [9.17, 15) is 28.4 Å². The van der Waals surface area contributed by atoms with E-state index in [4.69, 9.17) is 28.9 Å². The van der Waals surface area contributed by atoms with E-state index in [2.05, 4.69) is 0 Å². The number of aliphatic carboxylic acids is 1. The zero-order valence-electron chi connectivity index (χ0n) is 14.2. The summed E-state index contributed by atoms with van der Waals surface area (Å²) in [7, 11) is -3.95. The van der Waals surface area contributed by atoms with Gasteiger partial charge in [0.05, 0.1) is 21.2 Å². The fourth-order valence-electron chi connectivity index (χ4n) is 3.61. The van der Waals surface area contributed by atoms with Gasteiger partial charge in [0.2, 0.25) is 5.91 Å². The van der Waals surface area contributed by atoms with E-state index in [0.717, 1.165) is 0 Å². The zero-order chi connectivity index (χ0) is 20.1. The van der Waals surface area contributed by atoms with Crippen molar-refractivity contribution in [2.24, 2.45) is 11.1 Å². The number of benzene rings is 1. The third-order valence-electron chi connectivity index (χ3n) is 5.19. The molecule has 152 valence electrons. The highest BCUT2D eigenvalue weighted by Crippen LogP contribution is 2.51. The monoisotopic (exact) mass is 467 g/mol. The maximum Gasteiger partial charge on any atom is 0.320 e. The first kappa shape index (κ1) is 22.7. The van der Waals surface area contributed by atoms with Crippen LogP contribution in [0.4, 0.5) is 0 Å². The van der Waals surface area contributed by atoms with E-state index in [0.29, 0.717) is 0 Å². The number of halogens is 3. The Morgan fingerprint density at radius 2 is 2.00 bits per heavy atom. The van der Waals surface area contributed by atoms with Crippen molar-refractivity contribution in [2.75, 3.05) is 6.54 Å². The molecule has 0 radical (unpaired) electrons. The van der Waals surface area contributed by atoms with Crippen molar-refractivity contribution in [1.82, 2.24) is 4.90 Å². The largest absolute Gasteiger partial charge is 0.480 e. The number of carboxylic acid groups (broad SMARTS) is 1. The van der Waals surface area contributed by atoms with Crippen LogP contribution in [0.25, 0.3) is 0 Å². The van der Waals surface area contributed by atoms with Crippen LogP contribution in [0.15, 0.2) is 23.1 Å². The van der Waals surface area contributed by atoms with Crippen molar-refractivity contribution in [3.63, 3.8) is 0 Å². The highest BCUT2D eigenvalue weighted by atomic mass is 35.5. The van der Waals surface area contributed by atoms with E-state index in [1.807, 2.05) is 6.07 Å². The summed E-state index contributed by atoms with van der Waals surface area (Å²) in [5, 5.41) is 17.9. The molecule has 0 spiro atoms. The second-order valence-corrected chi connectivity index (χ2v) is 9.74. The molecule has 1 amide bonds. The standard InChI is InChI=1S/C16H15Cl2N3O5S.ClH/c17-8-1-2-12(10(18)3-8)27(25,26)9-4-11(14(22)23)21(6-9)13-5-16(13,7-19)15(20)24;/h1-3,9,11,13H,4-6H2,(H2,20,24)(H,22,23);1H/t9-,11+,13?,16?;/m1./s1. The number of carboxylic acids is 1. The number of rotatable bonds is 5. The lowest BCUT2D eigenvalue weighted by atomic mass is 10.1. The molecule has 28 heavy (non-hydrogen) atoms. The number of amides is 1. The Bertz CT molecular complexity index is 980. The molecule has 2 aliphatic rings. The maximum absolute atomic E-state index is 13.0. The molecule has 4 atom stereocenters. The van der Waals surface area contributed by atoms with Crippen LogP contribution in [-0.2, 0) is 19.4 Å². The maximum atomic E-state index is 13.0. The summed E-state index contributed by atoms with van der Waals surface area (Å²) in [6.45, 7) is -0.139. The zero-order valence-corrected chi connectivity index (χ0v) is 17.4. The smallest absolute Gasteiger partial charge is 0.320 e. The fraction of sp³-hybridized carbons (Fsp3) is 0.438. The lowest BCUT2D eigenvalue weighted by Crippen LogP contribution is -2.42. The van der Waals surface area contributed by atoms with E-state index in [-0.39, 0.29) is 46.7 Å². The summed E-state index contributed by atoms with van der Waals surface area (Å²) in [6.07, 6.45) is -0.107. The van der Waals surface area contributed by atoms with Gasteiger partial charge in [0.25, 0.3) is 0 Å². The Labute approximate surface area is 177 Å². The number of likely N-dealkylation sites (tertiary alicyclic amines) is 1. The quantitative estimate of drug-likeness (QED) is 0.666. The molecule has 12 heteroatoms. The summed E-state index contributed by atoms with van der Waals surface area (Å²) in [5.41, 5.74) is 3.80. The summed E-state index contributed by atoms with van der Waals surface area (Å²) < 4.78 is 26.0. The van der Waals surface area contributed by atoms with Gasteiger partial charge in [0, 0.05) is 17.6 Å². The fourth-order valence-corrected chi connectivity index (χ4v) is 6.09. The number of hydrogen-bond donors (Lipinski definition) is 2. The predicted octanol–water partition coefficient (Wildman–Crippen LogP) is 1.48. The average Bonchev–Trinajstić information content (AvgIpc) is 3.15. The van der Waals surface area contributed by atoms with Crippen molar-refractivity contribution < 1.29 is 23.1 Å². The molecular formula is C16H16Cl3N3O5S. The van der Waals surface area contributed by atoms with Crippen LogP contribution in [0.3, 0.4) is 0 Å². The molecule has 0 aromatic heterocycles. The SMILES string of the molecule is Cl.N#CC1(C(N)=O)CC1N1C[C@H](S(=O)(=O)c2ccc(Cl)cc2Cl)C[C@H]1C(=O)O. The molecule has 1 aliphatic carbocycles. The second-order valence-electron chi connectivity index (χ2n) is 6.70.